The van der Waals surface area contributed by atoms with Crippen molar-refractivity contribution in [1.82, 2.24) is 19.5 Å². The van der Waals surface area contributed by atoms with Gasteiger partial charge >= 0.3 is 0 Å². The Balaban J connectivity index is 1.73. The summed E-state index contributed by atoms with van der Waals surface area (Å²) in [4.78, 5) is 13.1. The van der Waals surface area contributed by atoms with Gasteiger partial charge in [0.05, 0.1) is 5.69 Å². The minimum Gasteiger partial charge on any atom is -0.453 e. The van der Waals surface area contributed by atoms with E-state index < -0.39 is 0 Å². The van der Waals surface area contributed by atoms with Gasteiger partial charge in [0.25, 0.3) is 0 Å². The summed E-state index contributed by atoms with van der Waals surface area (Å²) in [5.41, 5.74) is 4.21. The average molecular weight is 332 g/mol. The van der Waals surface area contributed by atoms with Crippen molar-refractivity contribution in [2.24, 2.45) is 0 Å². The lowest BCUT2D eigenvalue weighted by molar-refractivity contribution is 0.529. The van der Waals surface area contributed by atoms with Gasteiger partial charge in [0.1, 0.15) is 5.58 Å². The van der Waals surface area contributed by atoms with Gasteiger partial charge in [-0.05, 0) is 32.9 Å². The highest BCUT2D eigenvalue weighted by Gasteiger charge is 2.19. The second kappa shape index (κ2) is 6.16. The van der Waals surface area contributed by atoms with Gasteiger partial charge < -0.3 is 8.98 Å². The number of hydrogen-bond acceptors (Lipinski definition) is 4. The van der Waals surface area contributed by atoms with Crippen LogP contribution in [0.25, 0.3) is 22.6 Å². The Kier molecular flexibility index (Phi) is 3.84. The molecule has 126 valence electrons. The van der Waals surface area contributed by atoms with E-state index in [9.17, 15) is 0 Å². The SMILES string of the molecule is Cc1ccc2oc(-c3nccn3[C@H](C)Cc3cnccn3)c(C)c2c1. The number of nitrogens with zero attached hydrogens (tertiary/aromatic N) is 4. The number of rotatable bonds is 4. The van der Waals surface area contributed by atoms with Gasteiger partial charge in [-0.2, -0.15) is 0 Å². The summed E-state index contributed by atoms with van der Waals surface area (Å²) in [5.74, 6) is 1.68. The van der Waals surface area contributed by atoms with Crippen molar-refractivity contribution in [2.75, 3.05) is 0 Å². The minimum atomic E-state index is 0.198. The first-order valence-corrected chi connectivity index (χ1v) is 8.41. The molecule has 0 aliphatic carbocycles. The summed E-state index contributed by atoms with van der Waals surface area (Å²) in [6, 6.07) is 6.45. The number of furan rings is 1. The zero-order chi connectivity index (χ0) is 17.4. The molecule has 3 aromatic heterocycles. The normalized spacial score (nSPS) is 12.6. The molecule has 0 amide bonds. The van der Waals surface area contributed by atoms with E-state index in [-0.39, 0.29) is 6.04 Å². The molecule has 0 aliphatic heterocycles. The Bertz CT molecular complexity index is 1020. The number of fused-ring (bicyclic) bond motifs is 1. The molecule has 3 heterocycles. The van der Waals surface area contributed by atoms with Gasteiger partial charge in [-0.25, -0.2) is 4.98 Å². The molecule has 0 saturated heterocycles. The molecule has 0 spiro atoms. The minimum absolute atomic E-state index is 0.198. The van der Waals surface area contributed by atoms with Crippen molar-refractivity contribution in [3.63, 3.8) is 0 Å². The van der Waals surface area contributed by atoms with Crippen LogP contribution >= 0.6 is 0 Å². The van der Waals surface area contributed by atoms with Crippen LogP contribution in [0.1, 0.15) is 29.8 Å². The summed E-state index contributed by atoms with van der Waals surface area (Å²) in [6.07, 6.45) is 9.83. The lowest BCUT2D eigenvalue weighted by Gasteiger charge is -2.15. The van der Waals surface area contributed by atoms with Crippen molar-refractivity contribution < 1.29 is 4.42 Å². The van der Waals surface area contributed by atoms with Crippen LogP contribution in [0.4, 0.5) is 0 Å². The predicted octanol–water partition coefficient (Wildman–Crippen LogP) is 4.51. The van der Waals surface area contributed by atoms with E-state index in [1.165, 1.54) is 5.56 Å². The van der Waals surface area contributed by atoms with Crippen LogP contribution in [0.3, 0.4) is 0 Å². The largest absolute Gasteiger partial charge is 0.453 e. The Morgan fingerprint density at radius 1 is 1.12 bits per heavy atom. The molecule has 0 N–H and O–H groups in total. The first-order valence-electron chi connectivity index (χ1n) is 8.41. The molecule has 0 radical (unpaired) electrons. The summed E-state index contributed by atoms with van der Waals surface area (Å²) in [5, 5.41) is 1.14. The highest BCUT2D eigenvalue weighted by atomic mass is 16.3. The summed E-state index contributed by atoms with van der Waals surface area (Å²) in [7, 11) is 0. The standard InChI is InChI=1S/C20H20N4O/c1-13-4-5-18-17(10-13)15(3)19(25-18)20-23-8-9-24(20)14(2)11-16-12-21-6-7-22-16/h4-10,12,14H,11H2,1-3H3/t14-/m1/s1. The third-order valence-electron chi connectivity index (χ3n) is 4.56. The van der Waals surface area contributed by atoms with E-state index in [0.717, 1.165) is 40.2 Å². The summed E-state index contributed by atoms with van der Waals surface area (Å²) >= 11 is 0. The van der Waals surface area contributed by atoms with Gasteiger partial charge in [0.15, 0.2) is 11.6 Å². The summed E-state index contributed by atoms with van der Waals surface area (Å²) < 4.78 is 8.27. The number of hydrogen-bond donors (Lipinski definition) is 0. The van der Waals surface area contributed by atoms with Crippen molar-refractivity contribution in [3.05, 3.63) is 66.0 Å². The fourth-order valence-corrected chi connectivity index (χ4v) is 3.23. The number of benzene rings is 1. The Morgan fingerprint density at radius 3 is 2.80 bits per heavy atom. The maximum Gasteiger partial charge on any atom is 0.176 e. The van der Waals surface area contributed by atoms with E-state index in [2.05, 4.69) is 52.4 Å². The number of aromatic nitrogens is 4. The molecular formula is C20H20N4O. The van der Waals surface area contributed by atoms with Gasteiger partial charge in [-0.1, -0.05) is 11.6 Å². The lowest BCUT2D eigenvalue weighted by atomic mass is 10.1. The molecule has 4 aromatic rings. The maximum absolute atomic E-state index is 6.13. The smallest absolute Gasteiger partial charge is 0.176 e. The van der Waals surface area contributed by atoms with Gasteiger partial charge in [0.2, 0.25) is 0 Å². The number of imidazole rings is 1. The van der Waals surface area contributed by atoms with Gasteiger partial charge in [-0.15, -0.1) is 0 Å². The molecule has 4 rings (SSSR count). The fraction of sp³-hybridized carbons (Fsp3) is 0.250. The second-order valence-corrected chi connectivity index (χ2v) is 6.46. The van der Waals surface area contributed by atoms with Gasteiger partial charge in [0, 0.05) is 54.4 Å². The quantitative estimate of drug-likeness (QED) is 0.552. The van der Waals surface area contributed by atoms with E-state index in [0.29, 0.717) is 0 Å². The molecule has 0 aliphatic rings. The first kappa shape index (κ1) is 15.6. The Morgan fingerprint density at radius 2 is 2.00 bits per heavy atom. The average Bonchev–Trinajstić information content (AvgIpc) is 3.21. The van der Waals surface area contributed by atoms with Crippen molar-refractivity contribution in [2.45, 2.75) is 33.2 Å². The van der Waals surface area contributed by atoms with Crippen molar-refractivity contribution >= 4 is 11.0 Å². The maximum atomic E-state index is 6.13. The summed E-state index contributed by atoms with van der Waals surface area (Å²) in [6.45, 7) is 6.34. The Hall–Kier alpha value is -2.95. The first-order chi connectivity index (χ1) is 12.1. The molecule has 0 bridgehead atoms. The fourth-order valence-electron chi connectivity index (χ4n) is 3.23. The van der Waals surface area contributed by atoms with Crippen molar-refractivity contribution in [1.29, 1.82) is 0 Å². The highest BCUT2D eigenvalue weighted by molar-refractivity contribution is 5.87. The van der Waals surface area contributed by atoms with E-state index in [1.54, 1.807) is 12.4 Å². The van der Waals surface area contributed by atoms with Crippen LogP contribution in [0, 0.1) is 13.8 Å². The Labute approximate surface area is 146 Å². The molecule has 0 saturated carbocycles. The van der Waals surface area contributed by atoms with Crippen LogP contribution in [0.5, 0.6) is 0 Å². The predicted molar refractivity (Wildman–Crippen MR) is 97.4 cm³/mol. The van der Waals surface area contributed by atoms with Crippen molar-refractivity contribution in [3.8, 4) is 11.6 Å². The van der Waals surface area contributed by atoms with Crippen LogP contribution in [-0.2, 0) is 6.42 Å². The molecule has 25 heavy (non-hydrogen) atoms. The van der Waals surface area contributed by atoms with E-state index in [1.807, 2.05) is 24.7 Å². The molecule has 5 nitrogen and oxygen atoms in total. The van der Waals surface area contributed by atoms with Crippen LogP contribution in [0.2, 0.25) is 0 Å². The van der Waals surface area contributed by atoms with Crippen LogP contribution in [0.15, 0.2) is 53.6 Å². The number of aryl methyl sites for hydroxylation is 2. The van der Waals surface area contributed by atoms with Crippen LogP contribution in [-0.4, -0.2) is 19.5 Å². The molecule has 0 fully saturated rings. The molecule has 1 atom stereocenters. The van der Waals surface area contributed by atoms with E-state index >= 15 is 0 Å². The van der Waals surface area contributed by atoms with Crippen LogP contribution < -0.4 is 0 Å². The zero-order valence-corrected chi connectivity index (χ0v) is 14.6. The molecular weight excluding hydrogens is 312 g/mol. The zero-order valence-electron chi connectivity index (χ0n) is 14.6. The molecule has 0 unspecified atom stereocenters. The monoisotopic (exact) mass is 332 g/mol. The van der Waals surface area contributed by atoms with Gasteiger partial charge in [-0.3, -0.25) is 9.97 Å². The van der Waals surface area contributed by atoms with E-state index in [4.69, 9.17) is 4.42 Å². The highest BCUT2D eigenvalue weighted by Crippen LogP contribution is 2.34. The lowest BCUT2D eigenvalue weighted by Crippen LogP contribution is -2.10. The molecule has 1 aromatic carbocycles. The third-order valence-corrected chi connectivity index (χ3v) is 4.56. The third kappa shape index (κ3) is 2.82. The topological polar surface area (TPSA) is 56.7 Å². The molecule has 5 heteroatoms. The second-order valence-electron chi connectivity index (χ2n) is 6.46.